The number of nitrogens with zero attached hydrogens (tertiary/aromatic N) is 3. The molecule has 142 valence electrons. The molecule has 6 heteroatoms. The van der Waals surface area contributed by atoms with Crippen LogP contribution >= 0.6 is 0 Å². The molecule has 2 aromatic heterocycles. The van der Waals surface area contributed by atoms with Gasteiger partial charge in [-0.3, -0.25) is 14.6 Å². The second-order valence-electron chi connectivity index (χ2n) is 6.88. The van der Waals surface area contributed by atoms with Crippen LogP contribution in [0.5, 0.6) is 0 Å². The van der Waals surface area contributed by atoms with Gasteiger partial charge in [-0.25, -0.2) is 0 Å². The summed E-state index contributed by atoms with van der Waals surface area (Å²) < 4.78 is 1.86. The molecule has 1 atom stereocenters. The van der Waals surface area contributed by atoms with Crippen molar-refractivity contribution in [2.45, 2.75) is 25.6 Å². The van der Waals surface area contributed by atoms with Crippen molar-refractivity contribution in [1.29, 1.82) is 0 Å². The van der Waals surface area contributed by atoms with Gasteiger partial charge in [0.25, 0.3) is 5.91 Å². The average Bonchev–Trinajstić information content (AvgIpc) is 3.20. The lowest BCUT2D eigenvalue weighted by molar-refractivity contribution is -0.126. The fourth-order valence-corrected chi connectivity index (χ4v) is 3.52. The third-order valence-electron chi connectivity index (χ3n) is 5.02. The van der Waals surface area contributed by atoms with E-state index < -0.39 is 6.04 Å². The lowest BCUT2D eigenvalue weighted by atomic mass is 10.1. The third-order valence-corrected chi connectivity index (χ3v) is 5.02. The Bertz CT molecular complexity index is 953. The van der Waals surface area contributed by atoms with Crippen molar-refractivity contribution in [2.75, 3.05) is 6.54 Å². The molecule has 0 saturated heterocycles. The Kier molecular flexibility index (Phi) is 5.19. The number of fused-ring (bicyclic) bond motifs is 1. The average molecular weight is 374 g/mol. The van der Waals surface area contributed by atoms with Crippen molar-refractivity contribution in [3.63, 3.8) is 0 Å². The maximum atomic E-state index is 13.0. The molecular weight excluding hydrogens is 352 g/mol. The van der Waals surface area contributed by atoms with E-state index in [0.717, 1.165) is 17.5 Å². The van der Waals surface area contributed by atoms with Crippen molar-refractivity contribution < 1.29 is 9.59 Å². The van der Waals surface area contributed by atoms with Crippen LogP contribution < -0.4 is 5.32 Å². The normalized spacial score (nSPS) is 15.9. The molecule has 0 radical (unpaired) electrons. The van der Waals surface area contributed by atoms with E-state index in [1.54, 1.807) is 23.4 Å². The molecule has 4 rings (SSSR count). The van der Waals surface area contributed by atoms with Crippen LogP contribution in [0.1, 0.15) is 21.6 Å². The predicted octanol–water partition coefficient (Wildman–Crippen LogP) is 2.27. The van der Waals surface area contributed by atoms with Gasteiger partial charge in [0.05, 0.1) is 6.54 Å². The van der Waals surface area contributed by atoms with Crippen LogP contribution in [0.4, 0.5) is 0 Å². The van der Waals surface area contributed by atoms with Gasteiger partial charge < -0.3 is 14.8 Å². The number of amides is 2. The molecular formula is C22H22N4O2. The van der Waals surface area contributed by atoms with Crippen LogP contribution in [-0.2, 0) is 24.3 Å². The zero-order valence-corrected chi connectivity index (χ0v) is 15.5. The first-order valence-corrected chi connectivity index (χ1v) is 9.39. The number of hydrogen-bond donors (Lipinski definition) is 1. The number of aromatic nitrogens is 2. The quantitative estimate of drug-likeness (QED) is 0.720. The second-order valence-corrected chi connectivity index (χ2v) is 6.88. The highest BCUT2D eigenvalue weighted by Crippen LogP contribution is 2.21. The van der Waals surface area contributed by atoms with Crippen LogP contribution in [0.3, 0.4) is 0 Å². The first-order chi connectivity index (χ1) is 13.7. The van der Waals surface area contributed by atoms with Gasteiger partial charge in [0.2, 0.25) is 5.91 Å². The fraction of sp³-hybridized carbons (Fsp3) is 0.227. The van der Waals surface area contributed by atoms with E-state index in [-0.39, 0.29) is 11.8 Å². The minimum Gasteiger partial charge on any atom is -0.354 e. The summed E-state index contributed by atoms with van der Waals surface area (Å²) in [5, 5.41) is 2.99. The number of carbonyl (C=O) groups excluding carboxylic acids is 2. The highest BCUT2D eigenvalue weighted by molar-refractivity contribution is 5.97. The van der Waals surface area contributed by atoms with E-state index in [9.17, 15) is 9.59 Å². The smallest absolute Gasteiger partial charge is 0.271 e. The van der Waals surface area contributed by atoms with Crippen molar-refractivity contribution in [3.8, 4) is 0 Å². The highest BCUT2D eigenvalue weighted by atomic mass is 16.2. The number of hydrogen-bond acceptors (Lipinski definition) is 3. The topological polar surface area (TPSA) is 67.2 Å². The molecule has 1 unspecified atom stereocenters. The largest absolute Gasteiger partial charge is 0.354 e. The molecule has 28 heavy (non-hydrogen) atoms. The van der Waals surface area contributed by atoms with E-state index in [2.05, 4.69) is 10.3 Å². The molecule has 1 aliphatic rings. The Morgan fingerprint density at radius 1 is 1.04 bits per heavy atom. The van der Waals surface area contributed by atoms with Crippen LogP contribution in [0.15, 0.2) is 73.2 Å². The van der Waals surface area contributed by atoms with Gasteiger partial charge in [0.15, 0.2) is 0 Å². The van der Waals surface area contributed by atoms with Gasteiger partial charge in [-0.1, -0.05) is 30.3 Å². The first-order valence-electron chi connectivity index (χ1n) is 9.39. The molecule has 3 heterocycles. The maximum Gasteiger partial charge on any atom is 0.271 e. The minimum atomic E-state index is -0.537. The van der Waals surface area contributed by atoms with E-state index in [1.807, 2.05) is 59.3 Å². The summed E-state index contributed by atoms with van der Waals surface area (Å²) in [5.74, 6) is -0.243. The van der Waals surface area contributed by atoms with E-state index >= 15 is 0 Å². The van der Waals surface area contributed by atoms with Crippen molar-refractivity contribution in [3.05, 3.63) is 90.0 Å². The molecule has 3 aromatic rings. The standard InChI is InChI=1S/C22H22N4O2/c27-21(24-13-10-17-8-11-23-12-9-17)20-16-25-14-4-7-19(25)22(28)26(20)15-18-5-2-1-3-6-18/h1-9,11-12,14,20H,10,13,15-16H2,(H,24,27). The van der Waals surface area contributed by atoms with Gasteiger partial charge in [0, 0.05) is 31.7 Å². The van der Waals surface area contributed by atoms with Gasteiger partial charge in [-0.2, -0.15) is 0 Å². The van der Waals surface area contributed by atoms with Gasteiger partial charge in [0.1, 0.15) is 11.7 Å². The first kappa shape index (κ1) is 18.0. The number of nitrogens with one attached hydrogen (secondary N) is 1. The van der Waals surface area contributed by atoms with Gasteiger partial charge in [-0.05, 0) is 41.8 Å². The van der Waals surface area contributed by atoms with Crippen molar-refractivity contribution in [2.24, 2.45) is 0 Å². The summed E-state index contributed by atoms with van der Waals surface area (Å²) in [5.41, 5.74) is 2.74. The third kappa shape index (κ3) is 3.81. The summed E-state index contributed by atoms with van der Waals surface area (Å²) >= 11 is 0. The molecule has 6 nitrogen and oxygen atoms in total. The zero-order chi connectivity index (χ0) is 19.3. The Balaban J connectivity index is 1.49. The maximum absolute atomic E-state index is 13.0. The number of pyridine rings is 1. The molecule has 1 aromatic carbocycles. The van der Waals surface area contributed by atoms with E-state index in [0.29, 0.717) is 25.3 Å². The Hall–Kier alpha value is -3.41. The fourth-order valence-electron chi connectivity index (χ4n) is 3.52. The SMILES string of the molecule is O=C(NCCc1ccncc1)C1Cn2cccc2C(=O)N1Cc1ccccc1. The van der Waals surface area contributed by atoms with Crippen molar-refractivity contribution in [1.82, 2.24) is 19.8 Å². The highest BCUT2D eigenvalue weighted by Gasteiger charge is 2.36. The minimum absolute atomic E-state index is 0.116. The molecule has 1 N–H and O–H groups in total. The van der Waals surface area contributed by atoms with E-state index in [4.69, 9.17) is 0 Å². The van der Waals surface area contributed by atoms with Crippen molar-refractivity contribution >= 4 is 11.8 Å². The number of rotatable bonds is 6. The monoisotopic (exact) mass is 374 g/mol. The molecule has 0 saturated carbocycles. The Morgan fingerprint density at radius 2 is 1.82 bits per heavy atom. The number of benzene rings is 1. The van der Waals surface area contributed by atoms with Gasteiger partial charge in [-0.15, -0.1) is 0 Å². The molecule has 2 amide bonds. The van der Waals surface area contributed by atoms with Crippen LogP contribution in [0, 0.1) is 0 Å². The Morgan fingerprint density at radius 3 is 2.61 bits per heavy atom. The van der Waals surface area contributed by atoms with Crippen LogP contribution in [-0.4, -0.2) is 38.9 Å². The summed E-state index contributed by atoms with van der Waals surface area (Å²) in [6.45, 7) is 1.39. The lowest BCUT2D eigenvalue weighted by Gasteiger charge is -2.35. The summed E-state index contributed by atoms with van der Waals surface area (Å²) in [6.07, 6.45) is 6.06. The molecule has 0 aliphatic carbocycles. The van der Waals surface area contributed by atoms with E-state index in [1.165, 1.54) is 0 Å². The second kappa shape index (κ2) is 8.08. The van der Waals surface area contributed by atoms with Gasteiger partial charge >= 0.3 is 0 Å². The number of carbonyl (C=O) groups is 2. The summed E-state index contributed by atoms with van der Waals surface area (Å²) in [4.78, 5) is 31.6. The summed E-state index contributed by atoms with van der Waals surface area (Å²) in [6, 6.07) is 16.7. The lowest BCUT2D eigenvalue weighted by Crippen LogP contribution is -2.54. The Labute approximate surface area is 163 Å². The zero-order valence-electron chi connectivity index (χ0n) is 15.5. The molecule has 0 spiro atoms. The predicted molar refractivity (Wildman–Crippen MR) is 105 cm³/mol. The van der Waals surface area contributed by atoms with Crippen LogP contribution in [0.2, 0.25) is 0 Å². The summed E-state index contributed by atoms with van der Waals surface area (Å²) in [7, 11) is 0. The molecule has 1 aliphatic heterocycles. The molecule has 0 bridgehead atoms. The van der Waals surface area contributed by atoms with Crippen LogP contribution in [0.25, 0.3) is 0 Å². The molecule has 0 fully saturated rings.